The summed E-state index contributed by atoms with van der Waals surface area (Å²) in [5, 5.41) is 1.85. The highest BCUT2D eigenvalue weighted by atomic mass is 32.1. The zero-order valence-electron chi connectivity index (χ0n) is 6.77. The van der Waals surface area contributed by atoms with Crippen molar-refractivity contribution >= 4 is 25.3 Å². The second-order valence-corrected chi connectivity index (χ2v) is 3.03. The fourth-order valence-electron chi connectivity index (χ4n) is 0.854. The predicted octanol–water partition coefficient (Wildman–Crippen LogP) is 0.757. The number of nitrogens with zero attached hydrogens (tertiary/aromatic N) is 1. The van der Waals surface area contributed by atoms with Crippen LogP contribution in [0.25, 0.3) is 12.7 Å². The minimum Gasteiger partial charge on any atom is -0.257 e. The topological polar surface area (TPSA) is 12.9 Å². The van der Waals surface area contributed by atoms with E-state index in [0.717, 1.165) is 10.6 Å². The first-order valence-corrected chi connectivity index (χ1v) is 4.18. The van der Waals surface area contributed by atoms with Gasteiger partial charge in [-0.15, -0.1) is 6.58 Å². The van der Waals surface area contributed by atoms with Crippen molar-refractivity contribution in [2.75, 3.05) is 0 Å². The molecule has 1 rings (SSSR count). The fourth-order valence-corrected chi connectivity index (χ4v) is 1.01. The van der Waals surface area contributed by atoms with Gasteiger partial charge in [0.1, 0.15) is 0 Å². The van der Waals surface area contributed by atoms with Crippen LogP contribution in [-0.4, -0.2) is 10.2 Å². The summed E-state index contributed by atoms with van der Waals surface area (Å²) in [5.74, 6) is 0. The minimum absolute atomic E-state index is 0.0645. The molecule has 1 atom stereocenters. The Morgan fingerprint density at radius 1 is 1.58 bits per heavy atom. The predicted molar refractivity (Wildman–Crippen MR) is 56.4 cm³/mol. The summed E-state index contributed by atoms with van der Waals surface area (Å²) in [5.41, 5.74) is 0. The third-order valence-electron chi connectivity index (χ3n) is 1.52. The van der Waals surface area contributed by atoms with Crippen LogP contribution in [0.5, 0.6) is 0 Å². The first-order chi connectivity index (χ1) is 5.74. The first kappa shape index (κ1) is 9.07. The average Bonchev–Trinajstić information content (AvgIpc) is 2.09. The molecule has 0 radical (unpaired) electrons. The zero-order chi connectivity index (χ0) is 8.97. The molecule has 0 bridgehead atoms. The second-order valence-electron chi connectivity index (χ2n) is 2.43. The molecule has 0 aliphatic heterocycles. The number of hydrogen-bond donors (Lipinski definition) is 1. The molecule has 2 heteroatoms. The number of rotatable bonds is 2. The van der Waals surface area contributed by atoms with Crippen molar-refractivity contribution in [1.82, 2.24) is 4.98 Å². The lowest BCUT2D eigenvalue weighted by Gasteiger charge is -1.94. The Kier molecular flexibility index (Phi) is 3.11. The van der Waals surface area contributed by atoms with Crippen molar-refractivity contribution in [2.45, 2.75) is 5.25 Å². The lowest BCUT2D eigenvalue weighted by molar-refractivity contribution is 1.22. The van der Waals surface area contributed by atoms with Gasteiger partial charge in [-0.25, -0.2) is 0 Å². The van der Waals surface area contributed by atoms with Gasteiger partial charge < -0.3 is 0 Å². The van der Waals surface area contributed by atoms with Gasteiger partial charge in [0.25, 0.3) is 0 Å². The largest absolute Gasteiger partial charge is 0.257 e. The molecule has 0 aromatic carbocycles. The highest BCUT2D eigenvalue weighted by Gasteiger charge is 1.89. The van der Waals surface area contributed by atoms with Crippen LogP contribution in [-0.2, 0) is 0 Å². The van der Waals surface area contributed by atoms with Crippen molar-refractivity contribution in [3.8, 4) is 0 Å². The molecule has 1 aromatic rings. The average molecular weight is 177 g/mol. The molecule has 1 nitrogen and oxygen atoms in total. The molecule has 0 fully saturated rings. The van der Waals surface area contributed by atoms with E-state index in [1.165, 1.54) is 0 Å². The van der Waals surface area contributed by atoms with Crippen LogP contribution >= 0.6 is 12.6 Å². The Morgan fingerprint density at radius 3 is 2.92 bits per heavy atom. The van der Waals surface area contributed by atoms with Gasteiger partial charge >= 0.3 is 0 Å². The summed E-state index contributed by atoms with van der Waals surface area (Å²) < 4.78 is 0. The summed E-state index contributed by atoms with van der Waals surface area (Å²) >= 11 is 4.26. The number of thiol groups is 1. The molecule has 1 heterocycles. The molecule has 0 spiro atoms. The molecule has 12 heavy (non-hydrogen) atoms. The van der Waals surface area contributed by atoms with Crippen LogP contribution in [0.4, 0.5) is 0 Å². The third kappa shape index (κ3) is 2.24. The van der Waals surface area contributed by atoms with Gasteiger partial charge in [-0.2, -0.15) is 12.6 Å². The van der Waals surface area contributed by atoms with Crippen molar-refractivity contribution in [2.24, 2.45) is 0 Å². The van der Waals surface area contributed by atoms with E-state index in [0.29, 0.717) is 0 Å². The lowest BCUT2D eigenvalue weighted by atomic mass is 10.3. The van der Waals surface area contributed by atoms with Gasteiger partial charge in [-0.3, -0.25) is 4.98 Å². The molecule has 0 aliphatic carbocycles. The van der Waals surface area contributed by atoms with E-state index in [1.807, 2.05) is 18.2 Å². The van der Waals surface area contributed by atoms with Crippen LogP contribution < -0.4 is 10.6 Å². The quantitative estimate of drug-likeness (QED) is 0.520. The van der Waals surface area contributed by atoms with E-state index in [1.54, 1.807) is 12.3 Å². The Balaban J connectivity index is 3.19. The van der Waals surface area contributed by atoms with Crippen LogP contribution in [0.2, 0.25) is 0 Å². The summed E-state index contributed by atoms with van der Waals surface area (Å²) in [4.78, 5) is 4.06. The lowest BCUT2D eigenvalue weighted by Crippen LogP contribution is -2.26. The molecule has 0 amide bonds. The van der Waals surface area contributed by atoms with E-state index in [9.17, 15) is 0 Å². The highest BCUT2D eigenvalue weighted by molar-refractivity contribution is 7.81. The SMILES string of the molecule is C=CC(S)C=c1cccnc1=C. The van der Waals surface area contributed by atoms with Gasteiger partial charge in [0.2, 0.25) is 0 Å². The Labute approximate surface area is 77.6 Å². The third-order valence-corrected chi connectivity index (χ3v) is 1.88. The van der Waals surface area contributed by atoms with E-state index in [2.05, 4.69) is 30.8 Å². The normalized spacial score (nSPS) is 14.2. The van der Waals surface area contributed by atoms with Gasteiger partial charge in [-0.05, 0) is 11.3 Å². The van der Waals surface area contributed by atoms with E-state index < -0.39 is 0 Å². The monoisotopic (exact) mass is 177 g/mol. The maximum atomic E-state index is 4.26. The molecule has 0 saturated heterocycles. The van der Waals surface area contributed by atoms with Crippen molar-refractivity contribution < 1.29 is 0 Å². The molecule has 0 saturated carbocycles. The van der Waals surface area contributed by atoms with Gasteiger partial charge in [0.05, 0.1) is 5.35 Å². The molecular formula is C10H11NS. The van der Waals surface area contributed by atoms with Crippen LogP contribution in [0.15, 0.2) is 31.0 Å². The summed E-state index contributed by atoms with van der Waals surface area (Å²) in [6.07, 6.45) is 5.45. The van der Waals surface area contributed by atoms with Crippen LogP contribution in [0.1, 0.15) is 0 Å². The highest BCUT2D eigenvalue weighted by Crippen LogP contribution is 1.95. The van der Waals surface area contributed by atoms with E-state index in [-0.39, 0.29) is 5.25 Å². The van der Waals surface area contributed by atoms with Crippen molar-refractivity contribution in [3.63, 3.8) is 0 Å². The van der Waals surface area contributed by atoms with Crippen LogP contribution in [0.3, 0.4) is 0 Å². The second kappa shape index (κ2) is 4.12. The van der Waals surface area contributed by atoms with Gasteiger partial charge in [0.15, 0.2) is 0 Å². The maximum absolute atomic E-state index is 4.26. The molecule has 0 N–H and O–H groups in total. The maximum Gasteiger partial charge on any atom is 0.0627 e. The fraction of sp³-hybridized carbons (Fsp3) is 0.100. The summed E-state index contributed by atoms with van der Waals surface area (Å²) in [7, 11) is 0. The van der Waals surface area contributed by atoms with Crippen molar-refractivity contribution in [3.05, 3.63) is 41.6 Å². The molecule has 1 aromatic heterocycles. The Bertz CT molecular complexity index is 370. The Hall–Kier alpha value is -1.02. The van der Waals surface area contributed by atoms with E-state index in [4.69, 9.17) is 0 Å². The zero-order valence-corrected chi connectivity index (χ0v) is 7.67. The molecule has 0 aliphatic rings. The van der Waals surface area contributed by atoms with Crippen LogP contribution in [0, 0.1) is 0 Å². The smallest absolute Gasteiger partial charge is 0.0627 e. The molecular weight excluding hydrogens is 166 g/mol. The summed E-state index contributed by atoms with van der Waals surface area (Å²) in [6.45, 7) is 7.44. The Morgan fingerprint density at radius 2 is 2.33 bits per heavy atom. The first-order valence-electron chi connectivity index (χ1n) is 3.66. The standard InChI is InChI=1S/C10H11NS/c1-3-10(12)7-9-5-4-6-11-8(9)2/h3-7,10,12H,1-2H2. The molecule has 1 unspecified atom stereocenters. The molecule has 62 valence electrons. The number of aromatic nitrogens is 1. The number of hydrogen-bond acceptors (Lipinski definition) is 2. The van der Waals surface area contributed by atoms with E-state index >= 15 is 0 Å². The van der Waals surface area contributed by atoms with Gasteiger partial charge in [0, 0.05) is 11.4 Å². The number of pyridine rings is 1. The minimum atomic E-state index is 0.0645. The van der Waals surface area contributed by atoms with Crippen molar-refractivity contribution in [1.29, 1.82) is 0 Å². The summed E-state index contributed by atoms with van der Waals surface area (Å²) in [6, 6.07) is 3.84. The van der Waals surface area contributed by atoms with Gasteiger partial charge in [-0.1, -0.05) is 24.8 Å².